The molecule has 0 saturated carbocycles. The van der Waals surface area contributed by atoms with E-state index in [1.807, 2.05) is 0 Å². The van der Waals surface area contributed by atoms with Crippen LogP contribution >= 0.6 is 15.6 Å². The normalized spacial score (nSPS) is 23.2. The Morgan fingerprint density at radius 2 is 1.89 bits per heavy atom. The summed E-state index contributed by atoms with van der Waals surface area (Å²) in [6.45, 7) is -0.824. The average Bonchev–Trinajstić information content (AvgIpc) is 2.75. The number of aliphatic hydroxyl groups is 1. The fraction of sp³-hybridized carbons (Fsp3) is 0.556. The minimum absolute atomic E-state index is 0. The van der Waals surface area contributed by atoms with Crippen molar-refractivity contribution in [2.24, 2.45) is 0 Å². The topological polar surface area (TPSA) is 244 Å². The molecule has 0 spiro atoms. The Labute approximate surface area is 225 Å². The standard InChI is InChI=1S/C9H15N3O10P2.3Na.H2O/c10-7-1-2-12(9(14)11-7)8-3-5(13)6(21-8)4-20-24(18,19)22-23(15,16)17;;;;/h1-2,5-6,8,13H,3-4H2,(H,18,19)(H2,10,11,14)(H2,15,16,17);;;;1H2/q;3*+1;/p-3/t5-,6+,8+;;;;/m0..../s1. The molecule has 0 radical (unpaired) electrons. The number of phosphoric ester groups is 1. The second-order valence-corrected chi connectivity index (χ2v) is 7.45. The van der Waals surface area contributed by atoms with Gasteiger partial charge in [0.15, 0.2) is 0 Å². The third-order valence-corrected chi connectivity index (χ3v) is 5.03. The van der Waals surface area contributed by atoms with Crippen molar-refractivity contribution in [1.82, 2.24) is 9.55 Å². The molecule has 4 atom stereocenters. The number of hydrogen-bond donors (Lipinski definition) is 2. The Hall–Kier alpha value is 1.82. The average molecular weight is 471 g/mol. The Morgan fingerprint density at radius 1 is 1.32 bits per heavy atom. The van der Waals surface area contributed by atoms with Gasteiger partial charge in [0.05, 0.1) is 20.5 Å². The Bertz CT molecular complexity index is 762. The second-order valence-electron chi connectivity index (χ2n) is 4.75. The first-order valence-corrected chi connectivity index (χ1v) is 9.26. The summed E-state index contributed by atoms with van der Waals surface area (Å²) in [6, 6.07) is 1.32. The zero-order valence-corrected chi connectivity index (χ0v) is 23.1. The molecule has 2 rings (SSSR count). The SMILES string of the molecule is Nc1ccn([C@H]2C[C@H](O)[C@@H](COP(=O)([O-])OP(=O)([O-])[O-])O2)c(=O)n1.O.[Na+].[Na+].[Na+]. The first-order chi connectivity index (χ1) is 11.0. The Balaban J connectivity index is -0.00000156. The molecule has 2 heterocycles. The van der Waals surface area contributed by atoms with Gasteiger partial charge >= 0.3 is 94.4 Å². The fourth-order valence-electron chi connectivity index (χ4n) is 1.99. The van der Waals surface area contributed by atoms with Gasteiger partial charge in [-0.2, -0.15) is 4.98 Å². The summed E-state index contributed by atoms with van der Waals surface area (Å²) in [6.07, 6.45) is -2.23. The number of nitrogens with zero attached hydrogens (tertiary/aromatic N) is 2. The van der Waals surface area contributed by atoms with Crippen LogP contribution in [0, 0.1) is 0 Å². The Morgan fingerprint density at radius 3 is 2.39 bits per heavy atom. The first-order valence-electron chi connectivity index (χ1n) is 6.34. The summed E-state index contributed by atoms with van der Waals surface area (Å²) < 4.78 is 35.2. The molecule has 19 heteroatoms. The fourth-order valence-corrected chi connectivity index (χ4v) is 3.49. The maximum Gasteiger partial charge on any atom is 1.00 e. The van der Waals surface area contributed by atoms with E-state index >= 15 is 0 Å². The van der Waals surface area contributed by atoms with E-state index in [2.05, 4.69) is 13.8 Å². The number of rotatable bonds is 6. The van der Waals surface area contributed by atoms with E-state index in [-0.39, 0.29) is 106 Å². The van der Waals surface area contributed by atoms with Gasteiger partial charge in [-0.25, -0.2) is 4.79 Å². The number of anilines is 1. The molecule has 1 unspecified atom stereocenters. The van der Waals surface area contributed by atoms with Crippen molar-refractivity contribution >= 4 is 21.5 Å². The van der Waals surface area contributed by atoms with E-state index < -0.39 is 46.4 Å². The van der Waals surface area contributed by atoms with Gasteiger partial charge < -0.3 is 44.8 Å². The molecule has 0 amide bonds. The van der Waals surface area contributed by atoms with Crippen LogP contribution in [0.4, 0.5) is 5.82 Å². The van der Waals surface area contributed by atoms with Crippen molar-refractivity contribution in [3.05, 3.63) is 22.7 Å². The van der Waals surface area contributed by atoms with Crippen LogP contribution in [0.2, 0.25) is 0 Å². The van der Waals surface area contributed by atoms with Crippen LogP contribution in [0.25, 0.3) is 0 Å². The molecule has 144 valence electrons. The maximum atomic E-state index is 11.7. The molecule has 1 saturated heterocycles. The van der Waals surface area contributed by atoms with E-state index in [9.17, 15) is 33.7 Å². The van der Waals surface area contributed by atoms with Gasteiger partial charge in [-0.1, -0.05) is 0 Å². The molecule has 1 aliphatic heterocycles. The minimum Gasteiger partial charge on any atom is -0.790 e. The molecule has 0 aromatic carbocycles. The van der Waals surface area contributed by atoms with E-state index in [1.54, 1.807) is 0 Å². The van der Waals surface area contributed by atoms with Crippen LogP contribution in [0.1, 0.15) is 12.6 Å². The summed E-state index contributed by atoms with van der Waals surface area (Å²) in [5, 5.41) is 9.82. The predicted molar refractivity (Wildman–Crippen MR) is 73.3 cm³/mol. The molecule has 28 heavy (non-hydrogen) atoms. The van der Waals surface area contributed by atoms with Crippen LogP contribution in [-0.4, -0.2) is 38.9 Å². The van der Waals surface area contributed by atoms with Crippen molar-refractivity contribution in [3.63, 3.8) is 0 Å². The molecule has 1 aromatic rings. The molecule has 0 aliphatic carbocycles. The monoisotopic (exact) mass is 471 g/mol. The van der Waals surface area contributed by atoms with Crippen LogP contribution in [0.3, 0.4) is 0 Å². The summed E-state index contributed by atoms with van der Waals surface area (Å²) in [4.78, 5) is 46.8. The molecular formula is C9H14N3Na3O11P2. The van der Waals surface area contributed by atoms with Gasteiger partial charge in [-0.05, 0) is 6.07 Å². The number of aliphatic hydroxyl groups excluding tert-OH is 1. The molecule has 1 aromatic heterocycles. The summed E-state index contributed by atoms with van der Waals surface area (Å²) >= 11 is 0. The van der Waals surface area contributed by atoms with Crippen LogP contribution in [0.5, 0.6) is 0 Å². The number of hydrogen-bond acceptors (Lipinski definition) is 12. The van der Waals surface area contributed by atoms with Crippen LogP contribution in [0.15, 0.2) is 17.1 Å². The number of aromatic nitrogens is 2. The molecular weight excluding hydrogens is 457 g/mol. The van der Waals surface area contributed by atoms with E-state index in [4.69, 9.17) is 10.5 Å². The van der Waals surface area contributed by atoms with Crippen molar-refractivity contribution in [1.29, 1.82) is 0 Å². The largest absolute Gasteiger partial charge is 1.00 e. The molecule has 14 nitrogen and oxygen atoms in total. The van der Waals surface area contributed by atoms with Gasteiger partial charge in [-0.3, -0.25) is 13.4 Å². The van der Waals surface area contributed by atoms with Crippen molar-refractivity contribution in [2.45, 2.75) is 24.9 Å². The van der Waals surface area contributed by atoms with Gasteiger partial charge in [-0.15, -0.1) is 0 Å². The molecule has 0 bridgehead atoms. The van der Waals surface area contributed by atoms with Gasteiger partial charge in [0, 0.05) is 12.6 Å². The van der Waals surface area contributed by atoms with Crippen molar-refractivity contribution in [2.75, 3.05) is 12.3 Å². The van der Waals surface area contributed by atoms with Crippen molar-refractivity contribution < 1.29 is 137 Å². The first kappa shape index (κ1) is 34.4. The number of nitrogen functional groups attached to an aromatic ring is 1. The van der Waals surface area contributed by atoms with E-state index in [1.165, 1.54) is 12.3 Å². The smallest absolute Gasteiger partial charge is 0.790 e. The van der Waals surface area contributed by atoms with E-state index in [0.717, 1.165) is 4.57 Å². The summed E-state index contributed by atoms with van der Waals surface area (Å²) in [5.41, 5.74) is 4.59. The van der Waals surface area contributed by atoms with Crippen LogP contribution < -0.4 is 115 Å². The van der Waals surface area contributed by atoms with Crippen LogP contribution in [-0.2, 0) is 22.7 Å². The number of nitrogens with two attached hydrogens (primary N) is 1. The van der Waals surface area contributed by atoms with Crippen molar-refractivity contribution in [3.8, 4) is 0 Å². The summed E-state index contributed by atoms with van der Waals surface area (Å²) in [7, 11) is -11.2. The number of ether oxygens (including phenoxy) is 1. The minimum atomic E-state index is -5.80. The molecule has 1 fully saturated rings. The van der Waals surface area contributed by atoms with Gasteiger partial charge in [0.2, 0.25) is 0 Å². The van der Waals surface area contributed by atoms with E-state index in [0.29, 0.717) is 0 Å². The molecule has 1 aliphatic rings. The molecule has 5 N–H and O–H groups in total. The zero-order chi connectivity index (χ0) is 18.1. The van der Waals surface area contributed by atoms with Gasteiger partial charge in [0.25, 0.3) is 7.82 Å². The third-order valence-electron chi connectivity index (χ3n) is 2.96. The third kappa shape index (κ3) is 10.9. The van der Waals surface area contributed by atoms with Gasteiger partial charge in [0.1, 0.15) is 18.1 Å². The predicted octanol–water partition coefficient (Wildman–Crippen LogP) is -13.0. The summed E-state index contributed by atoms with van der Waals surface area (Å²) in [5.74, 6) is -0.0150. The maximum absolute atomic E-state index is 11.7. The Kier molecular flexibility index (Phi) is 17.3. The zero-order valence-electron chi connectivity index (χ0n) is 15.3. The quantitative estimate of drug-likeness (QED) is 0.290. The number of phosphoric acid groups is 2. The second kappa shape index (κ2) is 14.1.